The highest BCUT2D eigenvalue weighted by molar-refractivity contribution is 5.75. The van der Waals surface area contributed by atoms with Gasteiger partial charge < -0.3 is 4.74 Å². The number of esters is 1. The third kappa shape index (κ3) is 6.86. The van der Waals surface area contributed by atoms with Gasteiger partial charge in [-0.3, -0.25) is 4.79 Å². The summed E-state index contributed by atoms with van der Waals surface area (Å²) in [7, 11) is 0. The predicted octanol–water partition coefficient (Wildman–Crippen LogP) is 8.05. The van der Waals surface area contributed by atoms with Gasteiger partial charge in [0.2, 0.25) is 0 Å². The van der Waals surface area contributed by atoms with E-state index in [1.807, 2.05) is 12.1 Å². The summed E-state index contributed by atoms with van der Waals surface area (Å²) in [5.41, 5.74) is 1.43. The molecule has 0 N–H and O–H groups in total. The maximum atomic E-state index is 12.5. The molecule has 2 saturated carbocycles. The molecule has 29 heavy (non-hydrogen) atoms. The molecule has 1 aromatic rings. The SMILES string of the molecule is CCCCC[C@H]1CC[C@H](c2ccc(OC(=O)[C@H]3CC[C@H](CCC)CC3)cc2)CC1. The molecule has 0 heterocycles. The molecule has 0 atom stereocenters. The highest BCUT2D eigenvalue weighted by Gasteiger charge is 2.27. The molecule has 162 valence electrons. The first-order chi connectivity index (χ1) is 14.2. The second kappa shape index (κ2) is 11.8. The second-order valence-corrected chi connectivity index (χ2v) is 9.71. The van der Waals surface area contributed by atoms with E-state index in [1.54, 1.807) is 0 Å². The van der Waals surface area contributed by atoms with Gasteiger partial charge in [0.15, 0.2) is 0 Å². The average molecular weight is 399 g/mol. The van der Waals surface area contributed by atoms with Gasteiger partial charge in [-0.1, -0.05) is 64.5 Å². The minimum absolute atomic E-state index is 0.0136. The summed E-state index contributed by atoms with van der Waals surface area (Å²) in [6.45, 7) is 4.54. The van der Waals surface area contributed by atoms with Gasteiger partial charge in [-0.15, -0.1) is 0 Å². The normalized spacial score (nSPS) is 27.5. The fourth-order valence-electron chi connectivity index (χ4n) is 5.57. The zero-order chi connectivity index (χ0) is 20.5. The van der Waals surface area contributed by atoms with Crippen molar-refractivity contribution in [3.05, 3.63) is 29.8 Å². The Morgan fingerprint density at radius 1 is 0.793 bits per heavy atom. The Morgan fingerprint density at radius 2 is 1.41 bits per heavy atom. The largest absolute Gasteiger partial charge is 0.426 e. The first-order valence-electron chi connectivity index (χ1n) is 12.5. The van der Waals surface area contributed by atoms with Crippen molar-refractivity contribution in [2.45, 2.75) is 110 Å². The molecule has 2 aliphatic carbocycles. The Hall–Kier alpha value is -1.31. The number of carbonyl (C=O) groups is 1. The van der Waals surface area contributed by atoms with Crippen LogP contribution in [0.5, 0.6) is 5.75 Å². The number of carbonyl (C=O) groups excluding carboxylic acids is 1. The molecule has 0 unspecified atom stereocenters. The Bertz CT molecular complexity index is 589. The third-order valence-corrected chi connectivity index (χ3v) is 7.51. The fraction of sp³-hybridized carbons (Fsp3) is 0.741. The van der Waals surface area contributed by atoms with Crippen LogP contribution in [0.15, 0.2) is 24.3 Å². The number of hydrogen-bond acceptors (Lipinski definition) is 2. The highest BCUT2D eigenvalue weighted by Crippen LogP contribution is 2.38. The van der Waals surface area contributed by atoms with Crippen LogP contribution in [-0.2, 0) is 4.79 Å². The first-order valence-corrected chi connectivity index (χ1v) is 12.5. The van der Waals surface area contributed by atoms with Crippen molar-refractivity contribution in [1.82, 2.24) is 0 Å². The van der Waals surface area contributed by atoms with E-state index in [9.17, 15) is 4.79 Å². The van der Waals surface area contributed by atoms with Crippen LogP contribution in [0.3, 0.4) is 0 Å². The van der Waals surface area contributed by atoms with Crippen molar-refractivity contribution >= 4 is 5.97 Å². The lowest BCUT2D eigenvalue weighted by Gasteiger charge is -2.29. The summed E-state index contributed by atoms with van der Waals surface area (Å²) in [4.78, 5) is 12.5. The quantitative estimate of drug-likeness (QED) is 0.239. The minimum atomic E-state index is -0.0136. The number of hydrogen-bond donors (Lipinski definition) is 0. The lowest BCUT2D eigenvalue weighted by molar-refractivity contribution is -0.140. The van der Waals surface area contributed by atoms with Gasteiger partial charge >= 0.3 is 5.97 Å². The van der Waals surface area contributed by atoms with Gasteiger partial charge in [-0.2, -0.15) is 0 Å². The van der Waals surface area contributed by atoms with E-state index >= 15 is 0 Å². The molecule has 2 aliphatic rings. The topological polar surface area (TPSA) is 26.3 Å². The number of benzene rings is 1. The number of rotatable bonds is 9. The molecule has 0 radical (unpaired) electrons. The van der Waals surface area contributed by atoms with E-state index in [-0.39, 0.29) is 11.9 Å². The van der Waals surface area contributed by atoms with Crippen LogP contribution >= 0.6 is 0 Å². The van der Waals surface area contributed by atoms with E-state index in [1.165, 1.54) is 82.6 Å². The smallest absolute Gasteiger partial charge is 0.314 e. The van der Waals surface area contributed by atoms with Crippen LogP contribution in [0.1, 0.15) is 115 Å². The van der Waals surface area contributed by atoms with Crippen LogP contribution in [0.25, 0.3) is 0 Å². The van der Waals surface area contributed by atoms with Crippen LogP contribution in [0, 0.1) is 17.8 Å². The van der Waals surface area contributed by atoms with Gasteiger partial charge in [0.1, 0.15) is 5.75 Å². The molecule has 2 nitrogen and oxygen atoms in total. The molecule has 0 aliphatic heterocycles. The van der Waals surface area contributed by atoms with Gasteiger partial charge in [0, 0.05) is 0 Å². The molecule has 2 fully saturated rings. The molecule has 1 aromatic carbocycles. The fourth-order valence-corrected chi connectivity index (χ4v) is 5.57. The van der Waals surface area contributed by atoms with Crippen LogP contribution in [0.2, 0.25) is 0 Å². The van der Waals surface area contributed by atoms with Crippen LogP contribution < -0.4 is 4.74 Å². The molecule has 3 rings (SSSR count). The van der Waals surface area contributed by atoms with Crippen molar-refractivity contribution in [3.63, 3.8) is 0 Å². The Morgan fingerprint density at radius 3 is 2.03 bits per heavy atom. The summed E-state index contributed by atoms with van der Waals surface area (Å²) in [5, 5.41) is 0. The van der Waals surface area contributed by atoms with Gasteiger partial charge in [0.05, 0.1) is 5.92 Å². The molecule has 0 spiro atoms. The van der Waals surface area contributed by atoms with E-state index in [0.29, 0.717) is 5.92 Å². The summed E-state index contributed by atoms with van der Waals surface area (Å²) >= 11 is 0. The zero-order valence-electron chi connectivity index (χ0n) is 18.8. The monoisotopic (exact) mass is 398 g/mol. The average Bonchev–Trinajstić information content (AvgIpc) is 2.76. The van der Waals surface area contributed by atoms with E-state index in [0.717, 1.165) is 30.4 Å². The Labute approximate surface area is 178 Å². The second-order valence-electron chi connectivity index (χ2n) is 9.71. The highest BCUT2D eigenvalue weighted by atomic mass is 16.5. The molecular weight excluding hydrogens is 356 g/mol. The van der Waals surface area contributed by atoms with Crippen molar-refractivity contribution < 1.29 is 9.53 Å². The maximum absolute atomic E-state index is 12.5. The van der Waals surface area contributed by atoms with E-state index in [4.69, 9.17) is 4.74 Å². The van der Waals surface area contributed by atoms with Crippen molar-refractivity contribution in [3.8, 4) is 5.75 Å². The molecule has 0 bridgehead atoms. The van der Waals surface area contributed by atoms with E-state index < -0.39 is 0 Å². The Balaban J connectivity index is 1.42. The van der Waals surface area contributed by atoms with Gasteiger partial charge in [0.25, 0.3) is 0 Å². The molecule has 0 amide bonds. The van der Waals surface area contributed by atoms with Crippen molar-refractivity contribution in [2.24, 2.45) is 17.8 Å². The van der Waals surface area contributed by atoms with Gasteiger partial charge in [-0.05, 0) is 86.8 Å². The summed E-state index contributed by atoms with van der Waals surface area (Å²) in [5.74, 6) is 3.28. The third-order valence-electron chi connectivity index (χ3n) is 7.51. The standard InChI is InChI=1S/C27H42O2/c1-3-5-6-8-22-9-13-23(14-10-22)24-17-19-26(20-18-24)29-27(28)25-15-11-21(7-4-2)12-16-25/h17-23,25H,3-16H2,1-2H3/t21-,22-,23-,25-. The zero-order valence-corrected chi connectivity index (χ0v) is 18.8. The lowest BCUT2D eigenvalue weighted by atomic mass is 9.77. The minimum Gasteiger partial charge on any atom is -0.426 e. The maximum Gasteiger partial charge on any atom is 0.314 e. The van der Waals surface area contributed by atoms with Gasteiger partial charge in [-0.25, -0.2) is 0 Å². The molecule has 0 saturated heterocycles. The summed E-state index contributed by atoms with van der Waals surface area (Å²) in [6.07, 6.45) is 17.9. The lowest BCUT2D eigenvalue weighted by Crippen LogP contribution is -2.25. The first kappa shape index (κ1) is 22.4. The summed E-state index contributed by atoms with van der Waals surface area (Å²) < 4.78 is 5.72. The van der Waals surface area contributed by atoms with Crippen molar-refractivity contribution in [1.29, 1.82) is 0 Å². The van der Waals surface area contributed by atoms with E-state index in [2.05, 4.69) is 26.0 Å². The number of unbranched alkanes of at least 4 members (excludes halogenated alkanes) is 2. The molecular formula is C27H42O2. The number of ether oxygens (including phenoxy) is 1. The molecule has 2 heteroatoms. The summed E-state index contributed by atoms with van der Waals surface area (Å²) in [6, 6.07) is 8.43. The Kier molecular flexibility index (Phi) is 9.08. The van der Waals surface area contributed by atoms with Crippen LogP contribution in [0.4, 0.5) is 0 Å². The van der Waals surface area contributed by atoms with Crippen molar-refractivity contribution in [2.75, 3.05) is 0 Å². The van der Waals surface area contributed by atoms with Crippen LogP contribution in [-0.4, -0.2) is 5.97 Å². The predicted molar refractivity (Wildman–Crippen MR) is 121 cm³/mol. The molecule has 0 aromatic heterocycles.